The highest BCUT2D eigenvalue weighted by atomic mass is 35.5. The second kappa shape index (κ2) is 44.9. The molecule has 7 aromatic carbocycles. The number of phenolic OH excluding ortho intramolecular Hbond substituents is 4. The number of unbranched alkanes of at least 4 members (excludes halogenated alkanes) is 7. The minimum absolute atomic E-state index is 0.122. The van der Waals surface area contributed by atoms with E-state index in [0.717, 1.165) is 112 Å². The highest BCUT2D eigenvalue weighted by molar-refractivity contribution is 6.33. The SMILES string of the molecule is CCCCCCCCCCC(=O)N[C@H]1[C@H](Oc2c3cc4cc2Oc2ccc(cc2Cl)[C@@H](O)[C@@H]2NC(=O)[C@H](NC(=O)[C@@H]4NC(=O)[C@H]4NC(=O)[C@@H](Cc5ccc(cc5)O3)NC(=O)[C@@H](NC)c3ccc(O)c(c3)Oc3cc(O)c(Cl)c4c3)c3ccc(O)c(c3)-c3c(O[C@H]4O[C@H](CO)[C@@H](O)[C@H](O)[C@@H]4O)cc(O)cc3[C@@H](C(=O)NCCCN(CCCN)CCCN)NC2=O)O[C@H](C(=O)OC)[C@@H](O)[C@@H]1O. The lowest BCUT2D eigenvalue weighted by atomic mass is 9.89. The van der Waals surface area contributed by atoms with Gasteiger partial charge in [0.1, 0.15) is 131 Å². The number of carbonyl (C=O) groups excluding carboxylic acids is 9. The van der Waals surface area contributed by atoms with Crippen molar-refractivity contribution in [2.75, 3.05) is 60.0 Å². The molecule has 0 unspecified atom stereocenters. The van der Waals surface area contributed by atoms with Crippen LogP contribution >= 0.6 is 23.2 Å². The number of esters is 1. The number of nitrogens with two attached hydrogens (primary N) is 2. The average molecular weight is 1900 g/mol. The molecule has 0 aromatic heterocycles. The number of aliphatic hydroxyl groups is 7. The molecule has 2 saturated heterocycles. The average Bonchev–Trinajstić information content (AvgIpc) is 0.783. The van der Waals surface area contributed by atoms with Crippen LogP contribution < -0.4 is 83.0 Å². The molecule has 8 amide bonds. The van der Waals surface area contributed by atoms with Crippen LogP contribution in [0.15, 0.2) is 115 Å². The summed E-state index contributed by atoms with van der Waals surface area (Å²) in [7, 11) is 2.40. The van der Waals surface area contributed by atoms with Crippen molar-refractivity contribution in [1.82, 2.24) is 52.8 Å². The first-order chi connectivity index (χ1) is 64.3. The molecular formula is C92H110Cl2N12O28. The Kier molecular flexibility index (Phi) is 33.4. The standard InChI is InChI=1S/C92H110Cl2N12O28/c1-4-5-6-7-8-9-10-11-15-65(112)100-74-77(115)79(117)82(90(126)127-3)134-91(74)133-81-62-36-47-37-63(81)130-59-25-20-46(34-54(59)93)75(113)73-89(125)104-71(84(120)98-28-14-31-106(29-12-26-95)30-13-27-96)52-38-48(108)39-61(131-92-80(118)78(116)76(114)64(42-107)132-92)66(52)51-33-44(18-23-56(51)109)69(86(122)105-73)101-87(123)70(47)102-88(124)72-53-40-50(41-58(111)67(53)94)129-60-35-45(19-24-57(60)110)68(97-2)85(121)99-55(83(119)103-72)32-43-16-21-49(128-62)22-17-43/h16-25,33-41,55,64,68-80,82,91-92,97,107-111,113-118H,4-15,26-32,42,95-96H2,1-3H3,(H,98,120)(H,99,121)(H,100,112)(H,101,123)(H,102,124)(H,103,119)(H,104,125)(H,105,122)/t55-,64-,68+,69-,70-,71+,72+,73+,74-,75-,76-,77-,78+,79+,80+,82+,91-,92+/m1/s1. The molecule has 7 aromatic rings. The summed E-state index contributed by atoms with van der Waals surface area (Å²) in [6.07, 6.45) is -13.0. The lowest BCUT2D eigenvalue weighted by Gasteiger charge is -2.41. The number of carbonyl (C=O) groups is 9. The molecule has 0 spiro atoms. The summed E-state index contributed by atoms with van der Waals surface area (Å²) in [5.41, 5.74) is 9.12. The van der Waals surface area contributed by atoms with E-state index < -0.39 is 271 Å². The Morgan fingerprint density at radius 3 is 1.87 bits per heavy atom. The van der Waals surface area contributed by atoms with Gasteiger partial charge in [-0.15, -0.1) is 0 Å². The minimum Gasteiger partial charge on any atom is -0.508 e. The molecule has 40 nitrogen and oxygen atoms in total. The Labute approximate surface area is 778 Å². The molecular weight excluding hydrogens is 1790 g/mol. The van der Waals surface area contributed by atoms with Crippen LogP contribution in [0.3, 0.4) is 0 Å². The third-order valence-electron chi connectivity index (χ3n) is 24.0. The van der Waals surface area contributed by atoms with Crippen molar-refractivity contribution in [3.63, 3.8) is 0 Å². The number of methoxy groups -OCH3 is 1. The van der Waals surface area contributed by atoms with Gasteiger partial charge in [-0.2, -0.15) is 0 Å². The molecule has 0 radical (unpaired) electrons. The van der Waals surface area contributed by atoms with Crippen LogP contribution in [0.25, 0.3) is 11.1 Å². The third kappa shape index (κ3) is 23.0. The zero-order valence-corrected chi connectivity index (χ0v) is 74.7. The van der Waals surface area contributed by atoms with Gasteiger partial charge in [0.15, 0.2) is 29.1 Å². The predicted octanol–water partition coefficient (Wildman–Crippen LogP) is 3.45. The smallest absolute Gasteiger partial charge is 0.337 e. The van der Waals surface area contributed by atoms with Gasteiger partial charge >= 0.3 is 5.97 Å². The Bertz CT molecular complexity index is 5440. The first kappa shape index (κ1) is 99.5. The van der Waals surface area contributed by atoms with Crippen LogP contribution in [-0.2, 0) is 63.8 Å². The molecule has 8 aliphatic rings. The number of ether oxygens (including phenoxy) is 8. The van der Waals surface area contributed by atoms with Gasteiger partial charge in [-0.3, -0.25) is 38.4 Å². The maximum absolute atomic E-state index is 16.9. The summed E-state index contributed by atoms with van der Waals surface area (Å²) in [6.45, 7) is 3.23. The van der Waals surface area contributed by atoms with Crippen molar-refractivity contribution in [2.45, 2.75) is 200 Å². The zero-order valence-electron chi connectivity index (χ0n) is 73.2. The highest BCUT2D eigenvalue weighted by Gasteiger charge is 2.52. The molecule has 17 bridgehead atoms. The van der Waals surface area contributed by atoms with E-state index in [1.54, 1.807) is 0 Å². The van der Waals surface area contributed by atoms with E-state index in [9.17, 15) is 70.6 Å². The van der Waals surface area contributed by atoms with Crippen LogP contribution in [0.1, 0.15) is 159 Å². The van der Waals surface area contributed by atoms with Crippen molar-refractivity contribution in [2.24, 2.45) is 11.5 Å². The Hall–Kier alpha value is -12.0. The molecule has 15 rings (SSSR count). The fraction of sp³-hybridized carbons (Fsp3) is 0.446. The van der Waals surface area contributed by atoms with E-state index in [1.165, 1.54) is 55.6 Å². The van der Waals surface area contributed by atoms with Gasteiger partial charge in [-0.1, -0.05) is 105 Å². The monoisotopic (exact) mass is 1900 g/mol. The number of rotatable bonds is 28. The molecule has 8 heterocycles. The molecule has 2 fully saturated rings. The largest absolute Gasteiger partial charge is 0.508 e. The van der Waals surface area contributed by atoms with E-state index in [-0.39, 0.29) is 47.8 Å². The van der Waals surface area contributed by atoms with E-state index >= 15 is 28.8 Å². The number of phenols is 4. The van der Waals surface area contributed by atoms with E-state index in [4.69, 9.17) is 72.6 Å². The van der Waals surface area contributed by atoms with Crippen LogP contribution in [-0.4, -0.2) is 248 Å². The Morgan fingerprint density at radius 2 is 1.18 bits per heavy atom. The second-order valence-electron chi connectivity index (χ2n) is 33.4. The van der Waals surface area contributed by atoms with Crippen LogP contribution in [0.5, 0.6) is 69.0 Å². The number of nitrogens with one attached hydrogen (secondary N) is 9. The van der Waals surface area contributed by atoms with Crippen molar-refractivity contribution in [3.8, 4) is 80.1 Å². The summed E-state index contributed by atoms with van der Waals surface area (Å²) in [6, 6.07) is 5.95. The maximum atomic E-state index is 16.9. The fourth-order valence-corrected chi connectivity index (χ4v) is 17.2. The number of aromatic hydroxyl groups is 4. The summed E-state index contributed by atoms with van der Waals surface area (Å²) in [4.78, 5) is 142. The van der Waals surface area contributed by atoms with Crippen LogP contribution in [0, 0.1) is 0 Å². The fourth-order valence-electron chi connectivity index (χ4n) is 16.8. The maximum Gasteiger partial charge on any atom is 0.337 e. The summed E-state index contributed by atoms with van der Waals surface area (Å²) >= 11 is 14.4. The van der Waals surface area contributed by atoms with E-state index in [2.05, 4.69) is 59.7 Å². The molecule has 720 valence electrons. The van der Waals surface area contributed by atoms with Crippen LogP contribution in [0.2, 0.25) is 10.0 Å². The van der Waals surface area contributed by atoms with Crippen molar-refractivity contribution < 1.29 is 137 Å². The number of likely N-dealkylation sites (N-methyl/N-ethyl adjacent to an activating group) is 1. The molecule has 0 saturated carbocycles. The van der Waals surface area contributed by atoms with E-state index in [1.807, 2.05) is 0 Å². The molecule has 0 aliphatic carbocycles. The molecule has 42 heteroatoms. The number of nitrogens with zero attached hydrogens (tertiary/aromatic N) is 1. The van der Waals surface area contributed by atoms with E-state index in [0.29, 0.717) is 64.0 Å². The number of aliphatic hydroxyl groups excluding tert-OH is 7. The minimum atomic E-state index is -2.45. The number of benzene rings is 7. The number of halogens is 2. The molecule has 18 atom stereocenters. The first-order valence-electron chi connectivity index (χ1n) is 44.1. The number of amides is 8. The Morgan fingerprint density at radius 1 is 0.545 bits per heavy atom. The van der Waals surface area contributed by atoms with Crippen molar-refractivity contribution in [3.05, 3.63) is 164 Å². The number of fused-ring (bicyclic) bond motifs is 14. The summed E-state index contributed by atoms with van der Waals surface area (Å²) in [5.74, 6) is -17.2. The first-order valence-corrected chi connectivity index (χ1v) is 44.8. The third-order valence-corrected chi connectivity index (χ3v) is 24.7. The van der Waals surface area contributed by atoms with Crippen molar-refractivity contribution >= 4 is 76.4 Å². The van der Waals surface area contributed by atoms with Gasteiger partial charge in [0.2, 0.25) is 65.6 Å². The topological polar surface area (TPSA) is 614 Å². The second-order valence-corrected chi connectivity index (χ2v) is 34.2. The molecule has 24 N–H and O–H groups in total. The lowest BCUT2D eigenvalue weighted by Crippen LogP contribution is -2.66. The van der Waals surface area contributed by atoms with Gasteiger partial charge in [0.25, 0.3) is 0 Å². The van der Waals surface area contributed by atoms with Gasteiger partial charge in [-0.25, -0.2) is 4.79 Å². The summed E-state index contributed by atoms with van der Waals surface area (Å²) < 4.78 is 50.1. The predicted molar refractivity (Wildman–Crippen MR) is 477 cm³/mol. The normalized spacial score (nSPS) is 25.2. The van der Waals surface area contributed by atoms with Crippen molar-refractivity contribution in [1.29, 1.82) is 0 Å². The van der Waals surface area contributed by atoms with Gasteiger partial charge in [0, 0.05) is 48.2 Å². The van der Waals surface area contributed by atoms with Gasteiger partial charge in [-0.05, 0) is 172 Å². The lowest BCUT2D eigenvalue weighted by molar-refractivity contribution is -0.277. The Balaban J connectivity index is 1.04. The zero-order chi connectivity index (χ0) is 96.0. The van der Waals surface area contributed by atoms with Gasteiger partial charge < -0.3 is 158 Å². The number of hydrogen-bond acceptors (Lipinski definition) is 32. The number of hydrogen-bond donors (Lipinski definition) is 22. The molecule has 8 aliphatic heterocycles. The summed E-state index contributed by atoms with van der Waals surface area (Å²) in [5, 5.41) is 152. The van der Waals surface area contributed by atoms with Gasteiger partial charge in [0.05, 0.1) is 23.8 Å². The highest BCUT2D eigenvalue weighted by Crippen LogP contribution is 2.51. The molecule has 134 heavy (non-hydrogen) atoms. The quantitative estimate of drug-likeness (QED) is 0.0247. The van der Waals surface area contributed by atoms with Crippen LogP contribution in [0.4, 0.5) is 0 Å².